The van der Waals surface area contributed by atoms with Crippen molar-refractivity contribution in [2.75, 3.05) is 45.8 Å². The molecule has 0 saturated carbocycles. The molecule has 3 N–H and O–H groups in total. The summed E-state index contributed by atoms with van der Waals surface area (Å²) < 4.78 is 24.1. The maximum absolute atomic E-state index is 14.0. The van der Waals surface area contributed by atoms with E-state index in [4.69, 9.17) is 23.9 Å². The number of hydrogen-bond acceptors (Lipinski definition) is 15. The molecule has 6 heterocycles. The fraction of sp³-hybridized carbons (Fsp3) is 0.464. The molecule has 0 aliphatic carbocycles. The van der Waals surface area contributed by atoms with E-state index in [2.05, 4.69) is 51.2 Å². The van der Waals surface area contributed by atoms with Crippen molar-refractivity contribution in [3.63, 3.8) is 0 Å². The Balaban J connectivity index is 0.873. The third-order valence-corrected chi connectivity index (χ3v) is 15.3. The Bertz CT molecular complexity index is 3040. The summed E-state index contributed by atoms with van der Waals surface area (Å²) in [4.78, 5) is 84.8. The number of aliphatic hydroxyl groups is 1. The molecule has 2 atom stereocenters. The van der Waals surface area contributed by atoms with Crippen LogP contribution in [0.1, 0.15) is 119 Å². The highest BCUT2D eigenvalue weighted by Crippen LogP contribution is 2.43. The molecule has 19 heteroatoms. The van der Waals surface area contributed by atoms with Gasteiger partial charge in [-0.1, -0.05) is 56.5 Å². The summed E-state index contributed by atoms with van der Waals surface area (Å²) in [7, 11) is 4.00. The minimum atomic E-state index is -1.97. The molecule has 0 saturated heterocycles. The molecule has 3 amide bonds. The van der Waals surface area contributed by atoms with Crippen molar-refractivity contribution in [1.29, 1.82) is 0 Å². The van der Waals surface area contributed by atoms with Crippen LogP contribution < -0.4 is 25.7 Å². The molecule has 75 heavy (non-hydrogen) atoms. The zero-order chi connectivity index (χ0) is 53.2. The third kappa shape index (κ3) is 12.6. The lowest BCUT2D eigenvalue weighted by molar-refractivity contribution is -0.172. The molecule has 0 bridgehead atoms. The number of ether oxygens (including phenoxy) is 4. The van der Waals surface area contributed by atoms with Crippen LogP contribution in [0.5, 0.6) is 11.5 Å². The maximum atomic E-state index is 14.0. The number of likely N-dealkylation sites (N-methyl/N-ethyl adjacent to an activating group) is 1. The van der Waals surface area contributed by atoms with E-state index < -0.39 is 23.7 Å². The molecule has 396 valence electrons. The van der Waals surface area contributed by atoms with E-state index in [-0.39, 0.29) is 74.4 Å². The number of benzene rings is 2. The van der Waals surface area contributed by atoms with Gasteiger partial charge in [0.05, 0.1) is 34.6 Å². The number of fused-ring (bicyclic) bond motifs is 6. The highest BCUT2D eigenvalue weighted by Gasteiger charge is 2.45. The SMILES string of the molecule is CCC(CC)Sc1ncc(C#CCCCC(=O)N[C@@H](CCCCN(C)C)C(=O)Nc2ccc(COC(=O)N(CC)CCc3c4c(nc5cc6c(cc35)OCO6)-c3cc5c(c(=O)n3C4)COC(=O)[C@]5(O)CC)cc2)cn1. The number of thioether (sulfide) groups is 1. The van der Waals surface area contributed by atoms with Crippen molar-refractivity contribution in [1.82, 2.24) is 34.6 Å². The second-order valence-corrected chi connectivity index (χ2v) is 20.5. The fourth-order valence-corrected chi connectivity index (χ4v) is 10.3. The first-order valence-electron chi connectivity index (χ1n) is 25.9. The summed E-state index contributed by atoms with van der Waals surface area (Å²) in [6, 6.07) is 11.6. The molecule has 3 aliphatic heterocycles. The summed E-state index contributed by atoms with van der Waals surface area (Å²) >= 11 is 1.67. The number of unbranched alkanes of at least 4 members (excludes halogenated alkanes) is 2. The van der Waals surface area contributed by atoms with Gasteiger partial charge in [0, 0.05) is 71.8 Å². The van der Waals surface area contributed by atoms with E-state index in [0.29, 0.717) is 77.1 Å². The number of pyridine rings is 2. The van der Waals surface area contributed by atoms with Crippen molar-refractivity contribution >= 4 is 52.2 Å². The van der Waals surface area contributed by atoms with Crippen molar-refractivity contribution in [2.45, 2.75) is 134 Å². The number of cyclic esters (lactones) is 1. The van der Waals surface area contributed by atoms with Gasteiger partial charge in [0.2, 0.25) is 18.6 Å². The van der Waals surface area contributed by atoms with Crippen LogP contribution in [0.25, 0.3) is 22.3 Å². The van der Waals surface area contributed by atoms with Gasteiger partial charge in [-0.25, -0.2) is 24.5 Å². The van der Waals surface area contributed by atoms with Crippen molar-refractivity contribution < 1.29 is 43.2 Å². The summed E-state index contributed by atoms with van der Waals surface area (Å²) in [5.41, 5.74) is 3.30. The number of esters is 1. The summed E-state index contributed by atoms with van der Waals surface area (Å²) in [6.07, 6.45) is 8.79. The Kier molecular flexibility index (Phi) is 17.8. The molecular weight excluding hydrogens is 977 g/mol. The van der Waals surface area contributed by atoms with Crippen LogP contribution in [0.3, 0.4) is 0 Å². The molecular formula is C56H66N8O10S. The van der Waals surface area contributed by atoms with Crippen LogP contribution >= 0.6 is 11.8 Å². The number of rotatable bonds is 22. The minimum absolute atomic E-state index is 0.0208. The normalized spacial score (nSPS) is 15.4. The average molecular weight is 1040 g/mol. The lowest BCUT2D eigenvalue weighted by Crippen LogP contribution is -2.44. The first kappa shape index (κ1) is 54.3. The van der Waals surface area contributed by atoms with Gasteiger partial charge in [-0.2, -0.15) is 0 Å². The van der Waals surface area contributed by atoms with Gasteiger partial charge in [-0.15, -0.1) is 0 Å². The molecule has 0 unspecified atom stereocenters. The average Bonchev–Trinajstić information content (AvgIpc) is 4.05. The lowest BCUT2D eigenvalue weighted by Gasteiger charge is -2.31. The second-order valence-electron chi connectivity index (χ2n) is 19.2. The Labute approximate surface area is 441 Å². The molecule has 0 fully saturated rings. The molecule has 18 nitrogen and oxygen atoms in total. The van der Waals surface area contributed by atoms with E-state index in [1.807, 2.05) is 27.1 Å². The molecule has 3 aromatic heterocycles. The summed E-state index contributed by atoms with van der Waals surface area (Å²) in [5.74, 6) is 5.94. The fourth-order valence-electron chi connectivity index (χ4n) is 9.47. The Morgan fingerprint density at radius 1 is 0.947 bits per heavy atom. The highest BCUT2D eigenvalue weighted by molar-refractivity contribution is 7.99. The smallest absolute Gasteiger partial charge is 0.410 e. The molecule has 3 aliphatic rings. The van der Waals surface area contributed by atoms with Crippen LogP contribution in [0.2, 0.25) is 0 Å². The minimum Gasteiger partial charge on any atom is -0.458 e. The number of carbonyl (C=O) groups is 4. The number of nitrogens with zero attached hydrogens (tertiary/aromatic N) is 6. The Morgan fingerprint density at radius 3 is 2.40 bits per heavy atom. The lowest BCUT2D eigenvalue weighted by atomic mass is 9.86. The van der Waals surface area contributed by atoms with Crippen LogP contribution in [-0.4, -0.2) is 110 Å². The van der Waals surface area contributed by atoms with Gasteiger partial charge >= 0.3 is 12.1 Å². The Hall–Kier alpha value is -7.01. The zero-order valence-corrected chi connectivity index (χ0v) is 44.4. The topological polar surface area (TPSA) is 217 Å². The van der Waals surface area contributed by atoms with Crippen LogP contribution in [0.4, 0.5) is 10.5 Å². The first-order chi connectivity index (χ1) is 36.2. The van der Waals surface area contributed by atoms with Crippen LogP contribution in [0.15, 0.2) is 64.8 Å². The van der Waals surface area contributed by atoms with Crippen molar-refractivity contribution in [3.05, 3.63) is 98.6 Å². The van der Waals surface area contributed by atoms with Crippen molar-refractivity contribution in [2.24, 2.45) is 0 Å². The standard InChI is InChI=1S/C56H66N8O10S/c1-7-38(8-2)75-54-57-29-36(30-58-54)16-12-11-13-18-49(65)60-44(17-14-15-24-62(5)6)51(66)59-37-21-19-35(20-22-37)32-72-55(69)63(10-4)25-23-39-40-26-47-48(74-34-73-47)28-45(40)61-50-41(39)31-64-46(50)27-43-42(52(64)67)33-71-53(68)56(43,70)9-3/h19-22,26-30,38,44,70H,7-11,13-15,17-18,23-25,31-34H2,1-6H3,(H,59,66)(H,60,65)/t44-,56-/m0/s1. The Morgan fingerprint density at radius 2 is 1.69 bits per heavy atom. The number of hydrogen-bond donors (Lipinski definition) is 3. The number of nitrogens with one attached hydrogen (secondary N) is 2. The molecule has 2 aromatic carbocycles. The predicted molar refractivity (Wildman–Crippen MR) is 284 cm³/mol. The van der Waals surface area contributed by atoms with Crippen LogP contribution in [0, 0.1) is 11.8 Å². The second kappa shape index (κ2) is 24.6. The number of anilines is 1. The first-order valence-corrected chi connectivity index (χ1v) is 26.8. The van der Waals surface area contributed by atoms with Gasteiger partial charge in [0.1, 0.15) is 19.3 Å². The van der Waals surface area contributed by atoms with Gasteiger partial charge in [0.15, 0.2) is 22.3 Å². The third-order valence-electron chi connectivity index (χ3n) is 13.9. The van der Waals surface area contributed by atoms with Gasteiger partial charge in [-0.3, -0.25) is 14.4 Å². The van der Waals surface area contributed by atoms with Gasteiger partial charge in [-0.05, 0) is 114 Å². The molecule has 0 spiro atoms. The van der Waals surface area contributed by atoms with Gasteiger partial charge < -0.3 is 49.1 Å². The molecule has 0 radical (unpaired) electrons. The summed E-state index contributed by atoms with van der Waals surface area (Å²) in [6.45, 7) is 9.30. The number of aromatic nitrogens is 4. The van der Waals surface area contributed by atoms with E-state index >= 15 is 0 Å². The van der Waals surface area contributed by atoms with E-state index in [1.54, 1.807) is 76.9 Å². The zero-order valence-electron chi connectivity index (χ0n) is 43.6. The maximum Gasteiger partial charge on any atom is 0.410 e. The van der Waals surface area contributed by atoms with E-state index in [1.165, 1.54) is 0 Å². The van der Waals surface area contributed by atoms with Crippen LogP contribution in [-0.2, 0) is 55.6 Å². The largest absolute Gasteiger partial charge is 0.458 e. The van der Waals surface area contributed by atoms with E-state index in [9.17, 15) is 29.1 Å². The quantitative estimate of drug-likeness (QED) is 0.0198. The summed E-state index contributed by atoms with van der Waals surface area (Å²) in [5, 5.41) is 19.3. The van der Waals surface area contributed by atoms with Crippen molar-refractivity contribution in [3.8, 4) is 34.7 Å². The predicted octanol–water partition coefficient (Wildman–Crippen LogP) is 7.46. The molecule has 5 aromatic rings. The number of amides is 3. The highest BCUT2D eigenvalue weighted by atomic mass is 32.2. The van der Waals surface area contributed by atoms with Gasteiger partial charge in [0.25, 0.3) is 5.56 Å². The molecule has 8 rings (SSSR count). The number of carbonyl (C=O) groups excluding carboxylic acids is 4. The monoisotopic (exact) mass is 1040 g/mol. The van der Waals surface area contributed by atoms with E-state index in [0.717, 1.165) is 59.5 Å².